The molecule has 0 unspecified atom stereocenters. The van der Waals surface area contributed by atoms with Gasteiger partial charge in [-0.3, -0.25) is 4.98 Å². The molecule has 0 aliphatic heterocycles. The third kappa shape index (κ3) is 2.62. The van der Waals surface area contributed by atoms with E-state index in [4.69, 9.17) is 0 Å². The number of hydrogen-bond acceptors (Lipinski definition) is 1. The first-order valence-electron chi connectivity index (χ1n) is 5.73. The lowest BCUT2D eigenvalue weighted by Gasteiger charge is -2.12. The van der Waals surface area contributed by atoms with Crippen molar-refractivity contribution in [3.63, 3.8) is 0 Å². The third-order valence-corrected chi connectivity index (χ3v) is 2.74. The van der Waals surface area contributed by atoms with Crippen LogP contribution < -0.4 is 0 Å². The smallest absolute Gasteiger partial charge is 0.0451 e. The van der Waals surface area contributed by atoms with E-state index in [1.165, 1.54) is 0 Å². The van der Waals surface area contributed by atoms with Gasteiger partial charge in [0.2, 0.25) is 0 Å². The molecule has 1 nitrogen and oxygen atoms in total. The second kappa shape index (κ2) is 6.00. The Bertz CT molecular complexity index is 490. The lowest BCUT2D eigenvalue weighted by Crippen LogP contribution is -1.97. The SMILES string of the molecule is C=C/C(=C\C)c1cnc(C)c(C=C)c1/C=C\C. The molecule has 0 fully saturated rings. The Morgan fingerprint density at radius 3 is 2.41 bits per heavy atom. The lowest BCUT2D eigenvalue weighted by molar-refractivity contribution is 1.17. The Balaban J connectivity index is 3.61. The molecule has 0 spiro atoms. The summed E-state index contributed by atoms with van der Waals surface area (Å²) in [5.41, 5.74) is 5.43. The van der Waals surface area contributed by atoms with Gasteiger partial charge >= 0.3 is 0 Å². The third-order valence-electron chi connectivity index (χ3n) is 2.74. The van der Waals surface area contributed by atoms with Gasteiger partial charge in [-0.2, -0.15) is 0 Å². The number of pyridine rings is 1. The van der Waals surface area contributed by atoms with Gasteiger partial charge in [0.05, 0.1) is 0 Å². The molecule has 0 radical (unpaired) electrons. The van der Waals surface area contributed by atoms with E-state index in [2.05, 4.69) is 24.2 Å². The maximum Gasteiger partial charge on any atom is 0.0451 e. The van der Waals surface area contributed by atoms with Crippen molar-refractivity contribution in [2.24, 2.45) is 0 Å². The molecular weight excluding hydrogens is 206 g/mol. The van der Waals surface area contributed by atoms with E-state index >= 15 is 0 Å². The van der Waals surface area contributed by atoms with E-state index in [0.717, 1.165) is 28.0 Å². The van der Waals surface area contributed by atoms with E-state index in [1.807, 2.05) is 51.3 Å². The zero-order valence-corrected chi connectivity index (χ0v) is 10.8. The van der Waals surface area contributed by atoms with Crippen molar-refractivity contribution in [2.75, 3.05) is 0 Å². The number of hydrogen-bond donors (Lipinski definition) is 0. The number of rotatable bonds is 4. The predicted octanol–water partition coefficient (Wildman–Crippen LogP) is 4.66. The zero-order valence-electron chi connectivity index (χ0n) is 10.8. The summed E-state index contributed by atoms with van der Waals surface area (Å²) in [6.07, 6.45) is 11.8. The summed E-state index contributed by atoms with van der Waals surface area (Å²) in [5, 5.41) is 0. The van der Waals surface area contributed by atoms with Gasteiger partial charge in [0.15, 0.2) is 0 Å². The van der Waals surface area contributed by atoms with Gasteiger partial charge in [-0.25, -0.2) is 0 Å². The first kappa shape index (κ1) is 13.2. The summed E-state index contributed by atoms with van der Waals surface area (Å²) >= 11 is 0. The minimum absolute atomic E-state index is 0.997. The van der Waals surface area contributed by atoms with Crippen molar-refractivity contribution in [1.82, 2.24) is 4.98 Å². The van der Waals surface area contributed by atoms with Crippen molar-refractivity contribution < 1.29 is 0 Å². The van der Waals surface area contributed by atoms with Crippen molar-refractivity contribution in [3.8, 4) is 0 Å². The molecule has 1 aromatic heterocycles. The summed E-state index contributed by atoms with van der Waals surface area (Å²) in [6.45, 7) is 13.7. The quantitative estimate of drug-likeness (QED) is 0.679. The number of nitrogens with zero attached hydrogens (tertiary/aromatic N) is 1. The molecule has 0 aromatic carbocycles. The van der Waals surface area contributed by atoms with Gasteiger partial charge in [-0.05, 0) is 31.9 Å². The fraction of sp³-hybridized carbons (Fsp3) is 0.188. The maximum atomic E-state index is 4.42. The van der Waals surface area contributed by atoms with Crippen LogP contribution in [0.25, 0.3) is 17.7 Å². The minimum atomic E-state index is 0.997. The van der Waals surface area contributed by atoms with E-state index in [0.29, 0.717) is 0 Å². The highest BCUT2D eigenvalue weighted by atomic mass is 14.7. The van der Waals surface area contributed by atoms with Crippen molar-refractivity contribution in [2.45, 2.75) is 20.8 Å². The predicted molar refractivity (Wildman–Crippen MR) is 77.6 cm³/mol. The molecule has 1 rings (SSSR count). The van der Waals surface area contributed by atoms with Crippen LogP contribution in [0.1, 0.15) is 36.2 Å². The monoisotopic (exact) mass is 225 g/mol. The molecule has 0 N–H and O–H groups in total. The Labute approximate surface area is 104 Å². The van der Waals surface area contributed by atoms with Crippen LogP contribution in [-0.4, -0.2) is 4.98 Å². The summed E-state index contributed by atoms with van der Waals surface area (Å²) in [6, 6.07) is 0. The van der Waals surface area contributed by atoms with Gasteiger partial charge in [-0.15, -0.1) is 0 Å². The van der Waals surface area contributed by atoms with Crippen molar-refractivity contribution >= 4 is 17.7 Å². The Kier molecular flexibility index (Phi) is 4.65. The number of aromatic nitrogens is 1. The highest BCUT2D eigenvalue weighted by Gasteiger charge is 2.09. The zero-order chi connectivity index (χ0) is 12.8. The highest BCUT2D eigenvalue weighted by Crippen LogP contribution is 2.26. The van der Waals surface area contributed by atoms with E-state index in [1.54, 1.807) is 0 Å². The standard InChI is InChI=1S/C16H19N/c1-6-10-15-14(9-4)12(5)17-11-16(15)13(7-2)8-3/h6-11H,2,4H2,1,3,5H3/b10-6-,13-8+. The van der Waals surface area contributed by atoms with Crippen molar-refractivity contribution in [3.05, 3.63) is 60.0 Å². The van der Waals surface area contributed by atoms with Gasteiger partial charge in [-0.1, -0.05) is 43.5 Å². The largest absolute Gasteiger partial charge is 0.260 e. The van der Waals surface area contributed by atoms with Gasteiger partial charge in [0.1, 0.15) is 0 Å². The second-order valence-corrected chi connectivity index (χ2v) is 3.74. The summed E-state index contributed by atoms with van der Waals surface area (Å²) in [5.74, 6) is 0. The van der Waals surface area contributed by atoms with Crippen LogP contribution in [0.3, 0.4) is 0 Å². The fourth-order valence-corrected chi connectivity index (χ4v) is 1.86. The highest BCUT2D eigenvalue weighted by molar-refractivity contribution is 5.83. The number of allylic oxidation sites excluding steroid dienone is 4. The molecule has 17 heavy (non-hydrogen) atoms. The second-order valence-electron chi connectivity index (χ2n) is 3.74. The molecule has 0 amide bonds. The summed E-state index contributed by atoms with van der Waals surface area (Å²) in [7, 11) is 0. The molecule has 1 heteroatoms. The van der Waals surface area contributed by atoms with Crippen molar-refractivity contribution in [1.29, 1.82) is 0 Å². The molecule has 0 aliphatic carbocycles. The molecule has 1 aromatic rings. The first-order valence-corrected chi connectivity index (χ1v) is 5.73. The maximum absolute atomic E-state index is 4.42. The van der Waals surface area contributed by atoms with Crippen LogP contribution in [0, 0.1) is 6.92 Å². The van der Waals surface area contributed by atoms with E-state index < -0.39 is 0 Å². The Morgan fingerprint density at radius 1 is 1.24 bits per heavy atom. The minimum Gasteiger partial charge on any atom is -0.260 e. The van der Waals surface area contributed by atoms with E-state index in [9.17, 15) is 0 Å². The molecule has 0 saturated heterocycles. The van der Waals surface area contributed by atoms with Crippen LogP contribution in [0.15, 0.2) is 37.6 Å². The summed E-state index contributed by atoms with van der Waals surface area (Å²) in [4.78, 5) is 4.42. The average molecular weight is 225 g/mol. The molecule has 0 saturated carbocycles. The normalized spacial score (nSPS) is 11.8. The molecule has 0 atom stereocenters. The average Bonchev–Trinajstić information content (AvgIpc) is 2.34. The van der Waals surface area contributed by atoms with Gasteiger partial charge < -0.3 is 0 Å². The summed E-state index contributed by atoms with van der Waals surface area (Å²) < 4.78 is 0. The van der Waals surface area contributed by atoms with E-state index in [-0.39, 0.29) is 0 Å². The van der Waals surface area contributed by atoms with Gasteiger partial charge in [0, 0.05) is 23.0 Å². The Morgan fingerprint density at radius 2 is 1.94 bits per heavy atom. The van der Waals surface area contributed by atoms with Gasteiger partial charge in [0.25, 0.3) is 0 Å². The molecule has 0 aliphatic rings. The van der Waals surface area contributed by atoms with Crippen LogP contribution in [-0.2, 0) is 0 Å². The van der Waals surface area contributed by atoms with Crippen LogP contribution in [0.4, 0.5) is 0 Å². The molecule has 0 bridgehead atoms. The van der Waals surface area contributed by atoms with Crippen LogP contribution >= 0.6 is 0 Å². The fourth-order valence-electron chi connectivity index (χ4n) is 1.86. The Hall–Kier alpha value is -1.89. The molecule has 1 heterocycles. The molecular formula is C16H19N. The first-order chi connectivity index (χ1) is 8.19. The number of aryl methyl sites for hydroxylation is 1. The van der Waals surface area contributed by atoms with Crippen LogP contribution in [0.5, 0.6) is 0 Å². The molecule has 88 valence electrons. The topological polar surface area (TPSA) is 12.9 Å². The lowest BCUT2D eigenvalue weighted by atomic mass is 9.95. The van der Waals surface area contributed by atoms with Crippen LogP contribution in [0.2, 0.25) is 0 Å².